The van der Waals surface area contributed by atoms with Crippen LogP contribution in [0.3, 0.4) is 0 Å². The first-order valence-electron chi connectivity index (χ1n) is 2.64. The van der Waals surface area contributed by atoms with Crippen molar-refractivity contribution in [2.75, 3.05) is 0 Å². The maximum atomic E-state index is 2.16. The smallest absolute Gasteiger partial charge is 0.213 e. The maximum absolute atomic E-state index is 2.16. The first-order chi connectivity index (χ1) is 3.43. The fraction of sp³-hybridized carbons (Fsp3) is 0.286. The molecule has 0 aliphatic heterocycles. The van der Waals surface area contributed by atoms with Gasteiger partial charge in [-0.1, -0.05) is 13.3 Å². The largest absolute Gasteiger partial charge is 1.00 e. The van der Waals surface area contributed by atoms with E-state index in [-0.39, 0.29) is 53.5 Å². The van der Waals surface area contributed by atoms with Crippen LogP contribution in [0, 0.1) is 0 Å². The first-order valence-corrected chi connectivity index (χ1v) is 2.64. The molecule has 0 N–H and O–H groups in total. The summed E-state index contributed by atoms with van der Waals surface area (Å²) in [6.07, 6.45) is 1.16. The number of aryl methyl sites for hydroxylation is 1. The third-order valence-electron chi connectivity index (χ3n) is 1.14. The Morgan fingerprint density at radius 1 is 1.22 bits per heavy atom. The van der Waals surface area contributed by atoms with E-state index in [1.807, 2.05) is 0 Å². The fourth-order valence-corrected chi connectivity index (χ4v) is 0.650. The maximum Gasteiger partial charge on any atom is 1.00 e. The summed E-state index contributed by atoms with van der Waals surface area (Å²) in [6, 6.07) is 8.41. The molecule has 1 aromatic carbocycles. The minimum atomic E-state index is 0. The number of hydrogen-bond donors (Lipinski definition) is 0. The van der Waals surface area contributed by atoms with E-state index in [1.165, 1.54) is 5.56 Å². The molecule has 0 amide bonds. The predicted octanol–water partition coefficient (Wildman–Crippen LogP) is -1.41. The molecule has 0 saturated carbocycles. The van der Waals surface area contributed by atoms with Gasteiger partial charge in [-0.3, -0.25) is 0 Å². The molecule has 0 bridgehead atoms. The van der Waals surface area contributed by atoms with Crippen LogP contribution in [-0.2, 0) is 6.42 Å². The van der Waals surface area contributed by atoms with Gasteiger partial charge in [0.15, 0.2) is 0 Å². The molecule has 1 rings (SSSR count). The molecule has 0 aliphatic carbocycles. The summed E-state index contributed by atoms with van der Waals surface area (Å²) in [4.78, 5) is 0. The van der Waals surface area contributed by atoms with Crippen LogP contribution < -0.4 is 29.6 Å². The molecule has 0 unspecified atom stereocenters. The van der Waals surface area contributed by atoms with Crippen LogP contribution in [0.5, 0.6) is 0 Å². The molecule has 0 aromatic heterocycles. The van der Waals surface area contributed by atoms with Gasteiger partial charge in [0.05, 0.1) is 0 Å². The van der Waals surface area contributed by atoms with Crippen LogP contribution in [0.25, 0.3) is 0 Å². The van der Waals surface area contributed by atoms with E-state index >= 15 is 0 Å². The van der Waals surface area contributed by atoms with Gasteiger partial charge < -0.3 is 0 Å². The molecule has 42 valence electrons. The zero-order chi connectivity index (χ0) is 5.11. The topological polar surface area (TPSA) is 0 Å². The van der Waals surface area contributed by atoms with Crippen molar-refractivity contribution in [2.45, 2.75) is 13.3 Å². The van der Waals surface area contributed by atoms with Crippen molar-refractivity contribution in [3.63, 3.8) is 0 Å². The molecule has 1 aromatic rings. The van der Waals surface area contributed by atoms with Gasteiger partial charge in [0, 0.05) is 23.9 Å². The second-order valence-corrected chi connectivity index (χ2v) is 1.65. The molecule has 0 nitrogen and oxygen atoms in total. The van der Waals surface area contributed by atoms with Gasteiger partial charge in [0.2, 0.25) is 0 Å². The SMILES string of the molecule is CC[c-]1cccc1.[Na+].[Sn]. The molecule has 0 spiro atoms. The van der Waals surface area contributed by atoms with Crippen LogP contribution in [-0.4, -0.2) is 23.9 Å². The van der Waals surface area contributed by atoms with Gasteiger partial charge in [-0.05, 0) is 0 Å². The Bertz CT molecular complexity index is 123. The van der Waals surface area contributed by atoms with E-state index in [0.29, 0.717) is 0 Å². The summed E-state index contributed by atoms with van der Waals surface area (Å²) in [6.45, 7) is 2.16. The number of hydrogen-bond acceptors (Lipinski definition) is 0. The average molecular weight is 235 g/mol. The third-order valence-corrected chi connectivity index (χ3v) is 1.14. The molecule has 0 aliphatic rings. The molecule has 0 atom stereocenters. The van der Waals surface area contributed by atoms with Crippen molar-refractivity contribution in [1.82, 2.24) is 0 Å². The molecule has 0 heterocycles. The Labute approximate surface area is 95.6 Å². The van der Waals surface area contributed by atoms with Crippen molar-refractivity contribution < 1.29 is 29.6 Å². The molecule has 0 saturated heterocycles. The van der Waals surface area contributed by atoms with Crippen molar-refractivity contribution >= 4 is 23.9 Å². The summed E-state index contributed by atoms with van der Waals surface area (Å²) in [5, 5.41) is 0. The average Bonchev–Trinajstić information content (AvgIpc) is 2.14. The van der Waals surface area contributed by atoms with Gasteiger partial charge in [0.25, 0.3) is 0 Å². The molecule has 9 heavy (non-hydrogen) atoms. The van der Waals surface area contributed by atoms with Crippen LogP contribution in [0.15, 0.2) is 24.3 Å². The van der Waals surface area contributed by atoms with Gasteiger partial charge in [-0.15, -0.1) is 0 Å². The Morgan fingerprint density at radius 3 is 1.89 bits per heavy atom. The van der Waals surface area contributed by atoms with Crippen molar-refractivity contribution in [2.24, 2.45) is 0 Å². The van der Waals surface area contributed by atoms with E-state index < -0.39 is 0 Å². The quantitative estimate of drug-likeness (QED) is 0.414. The van der Waals surface area contributed by atoms with Gasteiger partial charge >= 0.3 is 29.6 Å². The van der Waals surface area contributed by atoms with E-state index in [2.05, 4.69) is 31.2 Å². The second kappa shape index (κ2) is 7.26. The fourth-order valence-electron chi connectivity index (χ4n) is 0.650. The zero-order valence-electron chi connectivity index (χ0n) is 6.02. The van der Waals surface area contributed by atoms with Crippen LogP contribution in [0.2, 0.25) is 0 Å². The molecular formula is C7H9NaSn. The summed E-state index contributed by atoms with van der Waals surface area (Å²) in [5.74, 6) is 0. The van der Waals surface area contributed by atoms with Crippen LogP contribution >= 0.6 is 0 Å². The Kier molecular flexibility index (Phi) is 10.3. The Hall–Kier alpha value is 1.15. The predicted molar refractivity (Wildman–Crippen MR) is 37.2 cm³/mol. The van der Waals surface area contributed by atoms with E-state index in [0.717, 1.165) is 6.42 Å². The minimum Gasteiger partial charge on any atom is -0.213 e. The molecule has 4 radical (unpaired) electrons. The summed E-state index contributed by atoms with van der Waals surface area (Å²) < 4.78 is 0. The monoisotopic (exact) mass is 236 g/mol. The third kappa shape index (κ3) is 4.54. The summed E-state index contributed by atoms with van der Waals surface area (Å²) in [7, 11) is 0. The summed E-state index contributed by atoms with van der Waals surface area (Å²) >= 11 is 0. The van der Waals surface area contributed by atoms with E-state index in [1.54, 1.807) is 0 Å². The zero-order valence-corrected chi connectivity index (χ0v) is 10.9. The van der Waals surface area contributed by atoms with Gasteiger partial charge in [0.1, 0.15) is 0 Å². The standard InChI is InChI=1S/C7H9.Na.Sn/c1-2-7-5-3-4-6-7;;/h3-6H,2H2,1H3;;/q-1;+1;. The van der Waals surface area contributed by atoms with Crippen LogP contribution in [0.1, 0.15) is 12.5 Å². The van der Waals surface area contributed by atoms with Crippen molar-refractivity contribution in [1.29, 1.82) is 0 Å². The molecule has 0 fully saturated rings. The summed E-state index contributed by atoms with van der Waals surface area (Å²) in [5.41, 5.74) is 1.43. The Balaban J connectivity index is 0. The van der Waals surface area contributed by atoms with E-state index in [4.69, 9.17) is 0 Å². The van der Waals surface area contributed by atoms with Gasteiger partial charge in [-0.2, -0.15) is 17.7 Å². The second-order valence-electron chi connectivity index (χ2n) is 1.65. The van der Waals surface area contributed by atoms with Crippen molar-refractivity contribution in [3.05, 3.63) is 29.8 Å². The van der Waals surface area contributed by atoms with Gasteiger partial charge in [-0.25, -0.2) is 12.1 Å². The Morgan fingerprint density at radius 2 is 1.67 bits per heavy atom. The van der Waals surface area contributed by atoms with E-state index in [9.17, 15) is 0 Å². The van der Waals surface area contributed by atoms with Crippen molar-refractivity contribution in [3.8, 4) is 0 Å². The number of rotatable bonds is 1. The van der Waals surface area contributed by atoms with Crippen LogP contribution in [0.4, 0.5) is 0 Å². The normalized spacial score (nSPS) is 7.22. The minimum absolute atomic E-state index is 0. The molecule has 2 heteroatoms. The first kappa shape index (κ1) is 12.8. The molecular weight excluding hydrogens is 226 g/mol.